The summed E-state index contributed by atoms with van der Waals surface area (Å²) in [4.78, 5) is 0. The predicted molar refractivity (Wildman–Crippen MR) is 108 cm³/mol. The van der Waals surface area contributed by atoms with Crippen LogP contribution in [-0.2, 0) is 11.8 Å². The van der Waals surface area contributed by atoms with Gasteiger partial charge in [0.15, 0.2) is 0 Å². The Labute approximate surface area is 160 Å². The molecule has 3 N–H and O–H groups in total. The quantitative estimate of drug-likeness (QED) is 0.547. The van der Waals surface area contributed by atoms with E-state index in [0.717, 1.165) is 36.0 Å². The fourth-order valence-electron chi connectivity index (χ4n) is 3.63. The minimum absolute atomic E-state index is 0.229. The van der Waals surface area contributed by atoms with Crippen LogP contribution in [0.1, 0.15) is 42.0 Å². The standard InChI is InChI=1S/C24H26O3/c1-17-16-18(5-14-23(17)27)4-3-15-24(2,19-6-10-21(25)11-7-19)20-8-12-22(26)13-9-20/h5-14,16,25-27H,3-4,15H2,1-2H3. The van der Waals surface area contributed by atoms with Crippen LogP contribution in [-0.4, -0.2) is 15.3 Å². The third-order valence-electron chi connectivity index (χ3n) is 5.41. The van der Waals surface area contributed by atoms with Gasteiger partial charge in [-0.3, -0.25) is 0 Å². The Balaban J connectivity index is 1.84. The average molecular weight is 362 g/mol. The van der Waals surface area contributed by atoms with Crippen molar-refractivity contribution < 1.29 is 15.3 Å². The number of hydrogen-bond acceptors (Lipinski definition) is 3. The van der Waals surface area contributed by atoms with Crippen molar-refractivity contribution in [1.29, 1.82) is 0 Å². The normalized spacial score (nSPS) is 11.5. The molecule has 0 aliphatic heterocycles. The highest BCUT2D eigenvalue weighted by molar-refractivity contribution is 5.42. The number of aryl methyl sites for hydroxylation is 2. The molecule has 0 aliphatic carbocycles. The summed E-state index contributed by atoms with van der Waals surface area (Å²) in [5, 5.41) is 29.0. The van der Waals surface area contributed by atoms with Crippen LogP contribution in [0.2, 0.25) is 0 Å². The Hall–Kier alpha value is -2.94. The van der Waals surface area contributed by atoms with E-state index in [1.165, 1.54) is 5.56 Å². The van der Waals surface area contributed by atoms with Gasteiger partial charge in [-0.1, -0.05) is 43.3 Å². The highest BCUT2D eigenvalue weighted by Gasteiger charge is 2.28. The van der Waals surface area contributed by atoms with E-state index in [4.69, 9.17) is 0 Å². The molecule has 3 heteroatoms. The van der Waals surface area contributed by atoms with Crippen LogP contribution in [0.5, 0.6) is 17.2 Å². The van der Waals surface area contributed by atoms with Gasteiger partial charge in [-0.15, -0.1) is 0 Å². The maximum Gasteiger partial charge on any atom is 0.118 e. The van der Waals surface area contributed by atoms with E-state index in [1.54, 1.807) is 30.3 Å². The number of benzene rings is 3. The lowest BCUT2D eigenvalue weighted by atomic mass is 9.72. The Kier molecular flexibility index (Phi) is 5.41. The molecule has 27 heavy (non-hydrogen) atoms. The monoisotopic (exact) mass is 362 g/mol. The zero-order valence-electron chi connectivity index (χ0n) is 15.8. The van der Waals surface area contributed by atoms with Crippen LogP contribution in [0, 0.1) is 6.92 Å². The molecule has 0 fully saturated rings. The fourth-order valence-corrected chi connectivity index (χ4v) is 3.63. The molecule has 140 valence electrons. The summed E-state index contributed by atoms with van der Waals surface area (Å²) in [6.07, 6.45) is 2.82. The topological polar surface area (TPSA) is 60.7 Å². The van der Waals surface area contributed by atoms with Crippen molar-refractivity contribution in [3.05, 3.63) is 89.0 Å². The van der Waals surface area contributed by atoms with E-state index in [2.05, 4.69) is 6.92 Å². The molecule has 0 amide bonds. The molecule has 3 rings (SSSR count). The van der Waals surface area contributed by atoms with Crippen LogP contribution in [0.4, 0.5) is 0 Å². The number of aromatic hydroxyl groups is 3. The summed E-state index contributed by atoms with van der Waals surface area (Å²) in [5.41, 5.74) is 4.14. The average Bonchev–Trinajstić information content (AvgIpc) is 2.65. The number of phenolic OH excluding ortho intramolecular Hbond substituents is 3. The Morgan fingerprint density at radius 3 is 1.74 bits per heavy atom. The van der Waals surface area contributed by atoms with Crippen molar-refractivity contribution in [2.75, 3.05) is 0 Å². The maximum atomic E-state index is 9.70. The Morgan fingerprint density at radius 1 is 0.741 bits per heavy atom. The molecule has 0 radical (unpaired) electrons. The second-order valence-electron chi connectivity index (χ2n) is 7.40. The van der Waals surface area contributed by atoms with Gasteiger partial charge < -0.3 is 15.3 Å². The zero-order valence-corrected chi connectivity index (χ0v) is 15.8. The number of hydrogen-bond donors (Lipinski definition) is 3. The molecule has 0 spiro atoms. The summed E-state index contributed by atoms with van der Waals surface area (Å²) in [7, 11) is 0. The van der Waals surface area contributed by atoms with E-state index in [0.29, 0.717) is 5.75 Å². The van der Waals surface area contributed by atoms with E-state index in [1.807, 2.05) is 43.3 Å². The van der Waals surface area contributed by atoms with Crippen LogP contribution in [0.3, 0.4) is 0 Å². The molecule has 0 saturated heterocycles. The van der Waals surface area contributed by atoms with Crippen LogP contribution < -0.4 is 0 Å². The van der Waals surface area contributed by atoms with E-state index in [9.17, 15) is 15.3 Å². The molecule has 0 aliphatic rings. The van der Waals surface area contributed by atoms with Crippen LogP contribution in [0.15, 0.2) is 66.7 Å². The van der Waals surface area contributed by atoms with E-state index >= 15 is 0 Å². The van der Waals surface area contributed by atoms with Gasteiger partial charge in [0.1, 0.15) is 17.2 Å². The predicted octanol–water partition coefficient (Wildman–Crippen LogP) is 5.44. The van der Waals surface area contributed by atoms with Crippen molar-refractivity contribution in [2.45, 2.75) is 38.5 Å². The minimum atomic E-state index is -0.229. The van der Waals surface area contributed by atoms with Gasteiger partial charge in [-0.25, -0.2) is 0 Å². The first-order valence-corrected chi connectivity index (χ1v) is 9.26. The summed E-state index contributed by atoms with van der Waals surface area (Å²) in [6.45, 7) is 4.11. The molecule has 3 nitrogen and oxygen atoms in total. The lowest BCUT2D eigenvalue weighted by molar-refractivity contribution is 0.466. The van der Waals surface area contributed by atoms with Gasteiger partial charge in [0.25, 0.3) is 0 Å². The van der Waals surface area contributed by atoms with Gasteiger partial charge >= 0.3 is 0 Å². The second-order valence-corrected chi connectivity index (χ2v) is 7.40. The molecular weight excluding hydrogens is 336 g/mol. The summed E-state index contributed by atoms with van der Waals surface area (Å²) in [6, 6.07) is 20.5. The smallest absolute Gasteiger partial charge is 0.118 e. The number of phenols is 3. The van der Waals surface area contributed by atoms with Crippen molar-refractivity contribution in [1.82, 2.24) is 0 Å². The van der Waals surface area contributed by atoms with Gasteiger partial charge in [-0.05, 0) is 78.8 Å². The third-order valence-corrected chi connectivity index (χ3v) is 5.41. The maximum absolute atomic E-state index is 9.70. The first kappa shape index (κ1) is 18.8. The fraction of sp³-hybridized carbons (Fsp3) is 0.250. The lowest BCUT2D eigenvalue weighted by Crippen LogP contribution is -2.23. The third kappa shape index (κ3) is 4.25. The molecule has 0 heterocycles. The SMILES string of the molecule is Cc1cc(CCCC(C)(c2ccc(O)cc2)c2ccc(O)cc2)ccc1O. The van der Waals surface area contributed by atoms with Gasteiger partial charge in [0.2, 0.25) is 0 Å². The molecule has 0 bridgehead atoms. The van der Waals surface area contributed by atoms with Gasteiger partial charge in [0, 0.05) is 5.41 Å². The molecule has 3 aromatic carbocycles. The summed E-state index contributed by atoms with van der Waals surface area (Å²) >= 11 is 0. The largest absolute Gasteiger partial charge is 0.508 e. The molecular formula is C24H26O3. The van der Waals surface area contributed by atoms with Crippen molar-refractivity contribution in [2.24, 2.45) is 0 Å². The zero-order chi connectivity index (χ0) is 19.4. The Morgan fingerprint density at radius 2 is 1.26 bits per heavy atom. The van der Waals surface area contributed by atoms with Gasteiger partial charge in [0.05, 0.1) is 0 Å². The van der Waals surface area contributed by atoms with Crippen molar-refractivity contribution >= 4 is 0 Å². The van der Waals surface area contributed by atoms with Crippen molar-refractivity contribution in [3.63, 3.8) is 0 Å². The number of rotatable bonds is 6. The van der Waals surface area contributed by atoms with Gasteiger partial charge in [-0.2, -0.15) is 0 Å². The van der Waals surface area contributed by atoms with E-state index < -0.39 is 0 Å². The first-order chi connectivity index (χ1) is 12.9. The molecule has 0 unspecified atom stereocenters. The van der Waals surface area contributed by atoms with E-state index in [-0.39, 0.29) is 16.9 Å². The van der Waals surface area contributed by atoms with Crippen LogP contribution in [0.25, 0.3) is 0 Å². The molecule has 0 atom stereocenters. The first-order valence-electron chi connectivity index (χ1n) is 9.26. The highest BCUT2D eigenvalue weighted by Crippen LogP contribution is 2.38. The Bertz CT molecular complexity index is 850. The summed E-state index contributed by atoms with van der Waals surface area (Å²) in [5.74, 6) is 0.842. The minimum Gasteiger partial charge on any atom is -0.508 e. The second kappa shape index (κ2) is 7.75. The van der Waals surface area contributed by atoms with Crippen LogP contribution >= 0.6 is 0 Å². The molecule has 0 saturated carbocycles. The molecule has 0 aromatic heterocycles. The molecule has 3 aromatic rings. The highest BCUT2D eigenvalue weighted by atomic mass is 16.3. The van der Waals surface area contributed by atoms with Crippen molar-refractivity contribution in [3.8, 4) is 17.2 Å². The summed E-state index contributed by atoms with van der Waals surface area (Å²) < 4.78 is 0. The lowest BCUT2D eigenvalue weighted by Gasteiger charge is -2.31.